The molecule has 0 aromatic carbocycles. The van der Waals surface area contributed by atoms with Gasteiger partial charge in [0.2, 0.25) is 5.95 Å². The van der Waals surface area contributed by atoms with Crippen molar-refractivity contribution < 1.29 is 13.2 Å². The van der Waals surface area contributed by atoms with Crippen LogP contribution in [0.1, 0.15) is 6.92 Å². The lowest BCUT2D eigenvalue weighted by molar-refractivity contribution is -0.138. The minimum absolute atomic E-state index is 0.0857. The van der Waals surface area contributed by atoms with Gasteiger partial charge in [-0.1, -0.05) is 0 Å². The monoisotopic (exact) mass is 347 g/mol. The minimum atomic E-state index is -4.37. The van der Waals surface area contributed by atoms with Crippen LogP contribution < -0.4 is 5.32 Å². The van der Waals surface area contributed by atoms with Crippen LogP contribution in [0, 0.1) is 0 Å². The van der Waals surface area contributed by atoms with Crippen molar-refractivity contribution >= 4 is 22.6 Å². The van der Waals surface area contributed by atoms with Crippen molar-refractivity contribution in [2.45, 2.75) is 19.1 Å². The molecule has 1 atom stereocenters. The maximum atomic E-state index is 12.6. The Hall–Kier alpha value is -3.17. The fourth-order valence-electron chi connectivity index (χ4n) is 2.47. The van der Waals surface area contributed by atoms with Crippen molar-refractivity contribution in [3.63, 3.8) is 0 Å². The summed E-state index contributed by atoms with van der Waals surface area (Å²) < 4.78 is 39.5. The molecule has 0 bridgehead atoms. The molecular weight excluding hydrogens is 335 g/mol. The van der Waals surface area contributed by atoms with Gasteiger partial charge < -0.3 is 10.3 Å². The van der Waals surface area contributed by atoms with Crippen LogP contribution in [0.4, 0.5) is 19.1 Å². The normalized spacial score (nSPS) is 13.4. The molecule has 0 aliphatic heterocycles. The zero-order valence-corrected chi connectivity index (χ0v) is 12.9. The van der Waals surface area contributed by atoms with E-state index in [-0.39, 0.29) is 5.95 Å². The van der Waals surface area contributed by atoms with E-state index in [0.29, 0.717) is 16.7 Å². The number of rotatable bonds is 3. The summed E-state index contributed by atoms with van der Waals surface area (Å²) in [4.78, 5) is 15.2. The predicted molar refractivity (Wildman–Crippen MR) is 85.0 cm³/mol. The number of nitrogens with zero attached hydrogens (tertiary/aromatic N) is 5. The highest BCUT2D eigenvalue weighted by molar-refractivity contribution is 5.93. The van der Waals surface area contributed by atoms with Gasteiger partial charge in [-0.25, -0.2) is 14.5 Å². The number of halogens is 3. The van der Waals surface area contributed by atoms with Gasteiger partial charge in [-0.05, 0) is 19.1 Å². The number of hydrogen-bond donors (Lipinski definition) is 2. The summed E-state index contributed by atoms with van der Waals surface area (Å²) in [5.41, 5.74) is 2.84. The molecule has 0 aliphatic carbocycles. The molecule has 128 valence electrons. The van der Waals surface area contributed by atoms with Crippen LogP contribution in [-0.4, -0.2) is 41.8 Å². The summed E-state index contributed by atoms with van der Waals surface area (Å²) in [7, 11) is 0. The van der Waals surface area contributed by atoms with Crippen molar-refractivity contribution in [1.82, 2.24) is 29.5 Å². The van der Waals surface area contributed by atoms with E-state index in [1.54, 1.807) is 10.7 Å². The maximum absolute atomic E-state index is 12.6. The van der Waals surface area contributed by atoms with E-state index in [1.165, 1.54) is 12.5 Å². The molecule has 4 heterocycles. The molecule has 4 aromatic heterocycles. The van der Waals surface area contributed by atoms with Crippen molar-refractivity contribution in [3.8, 4) is 11.1 Å². The van der Waals surface area contributed by atoms with Crippen LogP contribution in [-0.2, 0) is 0 Å². The number of pyridine rings is 1. The van der Waals surface area contributed by atoms with Gasteiger partial charge in [0, 0.05) is 35.1 Å². The molecule has 0 spiro atoms. The third-order valence-electron chi connectivity index (χ3n) is 3.85. The average molecular weight is 347 g/mol. The van der Waals surface area contributed by atoms with Crippen LogP contribution in [0.3, 0.4) is 0 Å². The van der Waals surface area contributed by atoms with Gasteiger partial charge in [0.25, 0.3) is 0 Å². The fraction of sp³-hybridized carbons (Fsp3) is 0.200. The molecule has 0 aliphatic rings. The number of aromatic nitrogens is 6. The van der Waals surface area contributed by atoms with Crippen molar-refractivity contribution in [2.75, 3.05) is 5.32 Å². The van der Waals surface area contributed by atoms with Crippen LogP contribution in [0.15, 0.2) is 37.1 Å². The number of fused-ring (bicyclic) bond motifs is 2. The minimum Gasteiger partial charge on any atom is -0.345 e. The van der Waals surface area contributed by atoms with E-state index < -0.39 is 12.2 Å². The molecule has 0 saturated heterocycles. The summed E-state index contributed by atoms with van der Waals surface area (Å²) in [6.07, 6.45) is 2.12. The number of alkyl halides is 3. The van der Waals surface area contributed by atoms with Crippen LogP contribution in [0.2, 0.25) is 0 Å². The van der Waals surface area contributed by atoms with Gasteiger partial charge in [-0.3, -0.25) is 0 Å². The van der Waals surface area contributed by atoms with Crippen LogP contribution >= 0.6 is 0 Å². The van der Waals surface area contributed by atoms with E-state index in [2.05, 4.69) is 30.4 Å². The van der Waals surface area contributed by atoms with Crippen molar-refractivity contribution in [3.05, 3.63) is 37.1 Å². The van der Waals surface area contributed by atoms with E-state index in [0.717, 1.165) is 18.1 Å². The molecule has 10 heteroatoms. The molecule has 25 heavy (non-hydrogen) atoms. The number of anilines is 1. The standard InChI is InChI=1S/C15H12F3N7/c1-8(15(16,17)18)23-14-20-5-11-10(4-19-13(11)24-14)9-2-3-12-21-7-22-25(12)6-9/h2-8H,1H3,(H2,19,20,23,24)/t8-/m0/s1. The Balaban J connectivity index is 1.70. The molecule has 7 nitrogen and oxygen atoms in total. The van der Waals surface area contributed by atoms with Gasteiger partial charge in [-0.2, -0.15) is 23.3 Å². The summed E-state index contributed by atoms with van der Waals surface area (Å²) in [5, 5.41) is 7.04. The topological polar surface area (TPSA) is 83.8 Å². The molecule has 0 radical (unpaired) electrons. The molecule has 0 amide bonds. The first-order valence-electron chi connectivity index (χ1n) is 7.39. The second-order valence-corrected chi connectivity index (χ2v) is 5.55. The highest BCUT2D eigenvalue weighted by Crippen LogP contribution is 2.28. The van der Waals surface area contributed by atoms with E-state index in [9.17, 15) is 13.2 Å². The maximum Gasteiger partial charge on any atom is 0.408 e. The van der Waals surface area contributed by atoms with Gasteiger partial charge in [0.1, 0.15) is 18.0 Å². The predicted octanol–water partition coefficient (Wildman–Crippen LogP) is 3.03. The molecular formula is C15H12F3N7. The summed E-state index contributed by atoms with van der Waals surface area (Å²) in [6.45, 7) is 1.01. The summed E-state index contributed by atoms with van der Waals surface area (Å²) in [5.74, 6) is -0.0857. The lowest BCUT2D eigenvalue weighted by Gasteiger charge is -2.16. The lowest BCUT2D eigenvalue weighted by Crippen LogP contribution is -2.33. The smallest absolute Gasteiger partial charge is 0.345 e. The quantitative estimate of drug-likeness (QED) is 0.595. The highest BCUT2D eigenvalue weighted by atomic mass is 19.4. The van der Waals surface area contributed by atoms with Gasteiger partial charge in [-0.15, -0.1) is 0 Å². The molecule has 0 saturated carbocycles. The number of aromatic amines is 1. The first kappa shape index (κ1) is 15.4. The third-order valence-corrected chi connectivity index (χ3v) is 3.85. The molecule has 0 unspecified atom stereocenters. The summed E-state index contributed by atoms with van der Waals surface area (Å²) in [6, 6.07) is 1.96. The van der Waals surface area contributed by atoms with Gasteiger partial charge >= 0.3 is 6.18 Å². The third kappa shape index (κ3) is 2.75. The number of hydrogen-bond acceptors (Lipinski definition) is 5. The largest absolute Gasteiger partial charge is 0.408 e. The molecule has 0 fully saturated rings. The van der Waals surface area contributed by atoms with Crippen LogP contribution in [0.25, 0.3) is 27.8 Å². The van der Waals surface area contributed by atoms with E-state index in [1.807, 2.05) is 18.3 Å². The first-order valence-corrected chi connectivity index (χ1v) is 7.39. The Kier molecular flexibility index (Phi) is 3.34. The Morgan fingerprint density at radius 1 is 1.24 bits per heavy atom. The SMILES string of the molecule is C[C@H](Nc1ncc2c(-c3ccc4ncnn4c3)c[nH]c2n1)C(F)(F)F. The van der Waals surface area contributed by atoms with Gasteiger partial charge in [0.15, 0.2) is 5.65 Å². The summed E-state index contributed by atoms with van der Waals surface area (Å²) >= 11 is 0. The first-order chi connectivity index (χ1) is 11.9. The number of nitrogens with one attached hydrogen (secondary N) is 2. The Bertz CT molecular complexity index is 1050. The highest BCUT2D eigenvalue weighted by Gasteiger charge is 2.36. The zero-order valence-electron chi connectivity index (χ0n) is 12.9. The Labute approximate surface area is 138 Å². The second kappa shape index (κ2) is 5.43. The number of H-pyrrole nitrogens is 1. The average Bonchev–Trinajstić information content (AvgIpc) is 3.19. The van der Waals surface area contributed by atoms with E-state index in [4.69, 9.17) is 0 Å². The van der Waals surface area contributed by atoms with Crippen molar-refractivity contribution in [1.29, 1.82) is 0 Å². The van der Waals surface area contributed by atoms with Crippen LogP contribution in [0.5, 0.6) is 0 Å². The second-order valence-electron chi connectivity index (χ2n) is 5.55. The Morgan fingerprint density at radius 3 is 2.88 bits per heavy atom. The lowest BCUT2D eigenvalue weighted by atomic mass is 10.1. The van der Waals surface area contributed by atoms with Crippen molar-refractivity contribution in [2.24, 2.45) is 0 Å². The van der Waals surface area contributed by atoms with Gasteiger partial charge in [0.05, 0.1) is 0 Å². The fourth-order valence-corrected chi connectivity index (χ4v) is 2.47. The van der Waals surface area contributed by atoms with E-state index >= 15 is 0 Å². The molecule has 4 aromatic rings. The zero-order chi connectivity index (χ0) is 17.6. The molecule has 4 rings (SSSR count). The Morgan fingerprint density at radius 2 is 2.08 bits per heavy atom. The molecule has 2 N–H and O–H groups in total.